The van der Waals surface area contributed by atoms with Gasteiger partial charge in [0, 0.05) is 6.42 Å². The summed E-state index contributed by atoms with van der Waals surface area (Å²) < 4.78 is 23.4. The van der Waals surface area contributed by atoms with Gasteiger partial charge in [-0.3, -0.25) is 4.79 Å². The molecule has 30 heavy (non-hydrogen) atoms. The Bertz CT molecular complexity index is 845. The van der Waals surface area contributed by atoms with E-state index in [-0.39, 0.29) is 18.7 Å². The number of halogens is 1. The number of methoxy groups -OCH3 is 1. The van der Waals surface area contributed by atoms with Gasteiger partial charge < -0.3 is 19.4 Å². The zero-order chi connectivity index (χ0) is 22.3. The van der Waals surface area contributed by atoms with Crippen molar-refractivity contribution in [3.8, 4) is 5.75 Å². The maximum atomic E-state index is 13.3. The number of carbonyl (C=O) groups excluding carboxylic acids is 2. The Morgan fingerprint density at radius 1 is 1.03 bits per heavy atom. The number of ether oxygens (including phenoxy) is 2. The van der Waals surface area contributed by atoms with Gasteiger partial charge in [-0.05, 0) is 56.2 Å². The van der Waals surface area contributed by atoms with Gasteiger partial charge in [-0.2, -0.15) is 0 Å². The minimum atomic E-state index is -1.00. The average Bonchev–Trinajstić information content (AvgIpc) is 2.66. The van der Waals surface area contributed by atoms with Crippen LogP contribution in [0.4, 0.5) is 9.18 Å². The number of rotatable bonds is 7. The summed E-state index contributed by atoms with van der Waals surface area (Å²) in [6.07, 6.45) is -0.846. The number of hydroxylamine groups is 2. The van der Waals surface area contributed by atoms with Crippen LogP contribution in [0.5, 0.6) is 5.75 Å². The predicted molar refractivity (Wildman–Crippen MR) is 107 cm³/mol. The molecule has 7 nitrogen and oxygen atoms in total. The van der Waals surface area contributed by atoms with E-state index >= 15 is 0 Å². The lowest BCUT2D eigenvalue weighted by Crippen LogP contribution is -2.45. The van der Waals surface area contributed by atoms with Crippen LogP contribution in [-0.4, -0.2) is 41.0 Å². The Morgan fingerprint density at radius 3 is 2.13 bits per heavy atom. The number of hydrogen-bond acceptors (Lipinski definition) is 7. The van der Waals surface area contributed by atoms with Crippen molar-refractivity contribution in [1.82, 2.24) is 5.06 Å². The highest BCUT2D eigenvalue weighted by molar-refractivity contribution is 5.76. The molecular weight excluding hydrogens is 393 g/mol. The molecule has 0 radical (unpaired) electrons. The van der Waals surface area contributed by atoms with Gasteiger partial charge >= 0.3 is 12.1 Å². The number of phenols is 1. The van der Waals surface area contributed by atoms with Crippen molar-refractivity contribution in [3.05, 3.63) is 65.5 Å². The van der Waals surface area contributed by atoms with Gasteiger partial charge in [-0.15, -0.1) is 5.06 Å². The van der Waals surface area contributed by atoms with Crippen molar-refractivity contribution >= 4 is 12.1 Å². The molecule has 0 aliphatic heterocycles. The molecule has 0 unspecified atom stereocenters. The van der Waals surface area contributed by atoms with Crippen molar-refractivity contribution in [2.75, 3.05) is 7.11 Å². The molecule has 0 aliphatic carbocycles. The van der Waals surface area contributed by atoms with Crippen LogP contribution in [0.25, 0.3) is 0 Å². The number of carbonyl (C=O) groups is 2. The molecule has 0 heterocycles. The first kappa shape index (κ1) is 23.2. The van der Waals surface area contributed by atoms with Crippen LogP contribution in [0.3, 0.4) is 0 Å². The Morgan fingerprint density at radius 2 is 1.60 bits per heavy atom. The molecule has 1 N–H and O–H groups in total. The normalized spacial score (nSPS) is 12.3. The van der Waals surface area contributed by atoms with E-state index < -0.39 is 29.6 Å². The van der Waals surface area contributed by atoms with E-state index in [0.29, 0.717) is 11.1 Å². The van der Waals surface area contributed by atoms with E-state index in [9.17, 15) is 19.1 Å². The highest BCUT2D eigenvalue weighted by atomic mass is 19.1. The first-order chi connectivity index (χ1) is 14.1. The van der Waals surface area contributed by atoms with Gasteiger partial charge in [-0.25, -0.2) is 9.18 Å². The quantitative estimate of drug-likeness (QED) is 0.537. The molecule has 0 fully saturated rings. The van der Waals surface area contributed by atoms with Crippen LogP contribution in [0, 0.1) is 5.82 Å². The first-order valence-electron chi connectivity index (χ1n) is 9.35. The van der Waals surface area contributed by atoms with Crippen LogP contribution in [0.15, 0.2) is 48.5 Å². The molecule has 8 heteroatoms. The second-order valence-electron chi connectivity index (χ2n) is 7.67. The summed E-state index contributed by atoms with van der Waals surface area (Å²) in [6, 6.07) is 10.9. The standard InChI is InChI=1S/C22H26FNO6/c1-22(2,3)29-21(27)30-24(14-16-5-9-17(23)10-6-16)19(20(26)28-4)13-15-7-11-18(25)12-8-15/h5-12,19,25H,13-14H2,1-4H3/t19-/m0/s1. The molecule has 0 saturated heterocycles. The fourth-order valence-electron chi connectivity index (χ4n) is 2.63. The summed E-state index contributed by atoms with van der Waals surface area (Å²) in [7, 11) is 1.23. The lowest BCUT2D eigenvalue weighted by Gasteiger charge is -2.29. The van der Waals surface area contributed by atoms with E-state index in [1.165, 1.54) is 43.5 Å². The molecule has 0 bridgehead atoms. The summed E-state index contributed by atoms with van der Waals surface area (Å²) in [6.45, 7) is 5.06. The molecule has 0 spiro atoms. The molecule has 0 amide bonds. The zero-order valence-electron chi connectivity index (χ0n) is 17.4. The van der Waals surface area contributed by atoms with E-state index in [0.717, 1.165) is 5.06 Å². The fourth-order valence-corrected chi connectivity index (χ4v) is 2.63. The largest absolute Gasteiger partial charge is 0.528 e. The van der Waals surface area contributed by atoms with Crippen LogP contribution >= 0.6 is 0 Å². The Balaban J connectivity index is 2.31. The molecule has 0 aliphatic rings. The van der Waals surface area contributed by atoms with Crippen molar-refractivity contribution < 1.29 is 33.4 Å². The summed E-state index contributed by atoms with van der Waals surface area (Å²) in [5, 5.41) is 10.6. The number of esters is 1. The number of nitrogens with zero attached hydrogens (tertiary/aromatic N) is 1. The third kappa shape index (κ3) is 7.36. The zero-order valence-corrected chi connectivity index (χ0v) is 17.4. The van der Waals surface area contributed by atoms with E-state index in [1.54, 1.807) is 32.9 Å². The second kappa shape index (κ2) is 10.1. The first-order valence-corrected chi connectivity index (χ1v) is 9.35. The van der Waals surface area contributed by atoms with Gasteiger partial charge in [0.2, 0.25) is 0 Å². The molecule has 0 aromatic heterocycles. The lowest BCUT2D eigenvalue weighted by atomic mass is 10.0. The van der Waals surface area contributed by atoms with Crippen LogP contribution < -0.4 is 0 Å². The van der Waals surface area contributed by atoms with Gasteiger partial charge in [0.1, 0.15) is 23.2 Å². The summed E-state index contributed by atoms with van der Waals surface area (Å²) in [5.74, 6) is -0.956. The highest BCUT2D eigenvalue weighted by Gasteiger charge is 2.32. The number of hydrogen-bond donors (Lipinski definition) is 1. The van der Waals surface area contributed by atoms with Crippen molar-refractivity contribution in [2.45, 2.75) is 45.4 Å². The maximum absolute atomic E-state index is 13.3. The number of phenolic OH excluding ortho intramolecular Hbond substituents is 1. The van der Waals surface area contributed by atoms with E-state index in [4.69, 9.17) is 14.3 Å². The third-order valence-corrected chi connectivity index (χ3v) is 4.02. The molecule has 2 aromatic rings. The van der Waals surface area contributed by atoms with Crippen molar-refractivity contribution in [1.29, 1.82) is 0 Å². The van der Waals surface area contributed by atoms with E-state index in [2.05, 4.69) is 0 Å². The van der Waals surface area contributed by atoms with Gasteiger partial charge in [0.15, 0.2) is 0 Å². The second-order valence-corrected chi connectivity index (χ2v) is 7.67. The lowest BCUT2D eigenvalue weighted by molar-refractivity contribution is -0.190. The fraction of sp³-hybridized carbons (Fsp3) is 0.364. The summed E-state index contributed by atoms with van der Waals surface area (Å²) in [5.41, 5.74) is 0.524. The SMILES string of the molecule is COC(=O)[C@H](Cc1ccc(O)cc1)N(Cc1ccc(F)cc1)OC(=O)OC(C)(C)C. The summed E-state index contributed by atoms with van der Waals surface area (Å²) in [4.78, 5) is 30.2. The van der Waals surface area contributed by atoms with Crippen LogP contribution in [0.2, 0.25) is 0 Å². The summed E-state index contributed by atoms with van der Waals surface area (Å²) >= 11 is 0. The van der Waals surface area contributed by atoms with Gasteiger partial charge in [-0.1, -0.05) is 24.3 Å². The van der Waals surface area contributed by atoms with Crippen LogP contribution in [-0.2, 0) is 32.1 Å². The van der Waals surface area contributed by atoms with Crippen molar-refractivity contribution in [2.24, 2.45) is 0 Å². The molecule has 162 valence electrons. The Kier molecular flexibility index (Phi) is 7.77. The molecule has 2 rings (SSSR count). The Labute approximate surface area is 174 Å². The Hall–Kier alpha value is -3.13. The minimum Gasteiger partial charge on any atom is -0.508 e. The highest BCUT2D eigenvalue weighted by Crippen LogP contribution is 2.19. The molecular formula is C22H26FNO6. The molecule has 1 atom stereocenters. The van der Waals surface area contributed by atoms with Crippen molar-refractivity contribution in [3.63, 3.8) is 0 Å². The third-order valence-electron chi connectivity index (χ3n) is 4.02. The predicted octanol–water partition coefficient (Wildman–Crippen LogP) is 3.98. The van der Waals surface area contributed by atoms with Gasteiger partial charge in [0.25, 0.3) is 0 Å². The topological polar surface area (TPSA) is 85.3 Å². The smallest absolute Gasteiger partial charge is 0.508 e. The minimum absolute atomic E-state index is 0.00261. The van der Waals surface area contributed by atoms with E-state index in [1.807, 2.05) is 0 Å². The van der Waals surface area contributed by atoms with Crippen LogP contribution in [0.1, 0.15) is 31.9 Å². The number of benzene rings is 2. The maximum Gasteiger partial charge on any atom is 0.528 e. The molecule has 0 saturated carbocycles. The molecule has 2 aromatic carbocycles. The van der Waals surface area contributed by atoms with Gasteiger partial charge in [0.05, 0.1) is 13.7 Å². The monoisotopic (exact) mass is 419 g/mol. The average molecular weight is 419 g/mol. The number of aromatic hydroxyl groups is 1.